The molecule has 1 aliphatic heterocycles. The number of carbonyl (C=O) groups is 1. The van der Waals surface area contributed by atoms with Gasteiger partial charge in [0.25, 0.3) is 0 Å². The topological polar surface area (TPSA) is 91.9 Å². The first-order chi connectivity index (χ1) is 12.9. The summed E-state index contributed by atoms with van der Waals surface area (Å²) in [5.74, 6) is 1.23. The second-order valence-corrected chi connectivity index (χ2v) is 6.70. The molecule has 2 aromatic carbocycles. The summed E-state index contributed by atoms with van der Waals surface area (Å²) in [6, 6.07) is 8.37. The van der Waals surface area contributed by atoms with Crippen LogP contribution in [-0.2, 0) is 4.79 Å². The fourth-order valence-electron chi connectivity index (χ4n) is 3.45. The maximum atomic E-state index is 12.7. The van der Waals surface area contributed by atoms with Crippen molar-refractivity contribution in [3.05, 3.63) is 47.0 Å². The van der Waals surface area contributed by atoms with Crippen molar-refractivity contribution < 1.29 is 19.4 Å². The number of methoxy groups -OCH3 is 2. The maximum Gasteiger partial charge on any atom is 0.243 e. The van der Waals surface area contributed by atoms with Crippen molar-refractivity contribution in [2.75, 3.05) is 19.5 Å². The third kappa shape index (κ3) is 3.99. The molecule has 1 saturated heterocycles. The smallest absolute Gasteiger partial charge is 0.243 e. The number of hydrazine groups is 1. The van der Waals surface area contributed by atoms with Crippen molar-refractivity contribution in [3.8, 4) is 17.2 Å². The number of nitrogens with one attached hydrogen (secondary N) is 3. The van der Waals surface area contributed by atoms with E-state index in [0.29, 0.717) is 23.6 Å². The summed E-state index contributed by atoms with van der Waals surface area (Å²) in [7, 11) is 3.11. The number of benzene rings is 2. The first kappa shape index (κ1) is 19.0. The van der Waals surface area contributed by atoms with Crippen LogP contribution in [0.4, 0.5) is 5.69 Å². The Morgan fingerprint density at radius 3 is 2.59 bits per heavy atom. The highest BCUT2D eigenvalue weighted by atomic mass is 16.5. The second kappa shape index (κ2) is 7.85. The van der Waals surface area contributed by atoms with Crippen LogP contribution in [0.2, 0.25) is 0 Å². The Morgan fingerprint density at radius 1 is 1.15 bits per heavy atom. The zero-order valence-electron chi connectivity index (χ0n) is 15.9. The summed E-state index contributed by atoms with van der Waals surface area (Å²) < 4.78 is 10.5. The maximum absolute atomic E-state index is 12.7. The molecule has 0 radical (unpaired) electrons. The van der Waals surface area contributed by atoms with Gasteiger partial charge in [0.2, 0.25) is 5.91 Å². The van der Waals surface area contributed by atoms with Gasteiger partial charge in [0.15, 0.2) is 0 Å². The number of carbonyl (C=O) groups excluding carboxylic acids is 1. The molecule has 7 nitrogen and oxygen atoms in total. The molecule has 0 bridgehead atoms. The van der Waals surface area contributed by atoms with Crippen LogP contribution in [0.1, 0.15) is 29.2 Å². The third-order valence-electron chi connectivity index (χ3n) is 4.74. The normalized spacial score (nSPS) is 19.0. The number of aromatic hydroxyl groups is 1. The highest BCUT2D eigenvalue weighted by molar-refractivity contribution is 5.96. The first-order valence-electron chi connectivity index (χ1n) is 8.77. The lowest BCUT2D eigenvalue weighted by molar-refractivity contribution is -0.117. The number of hydrogen-bond donors (Lipinski definition) is 4. The predicted octanol–water partition coefficient (Wildman–Crippen LogP) is 2.57. The van der Waals surface area contributed by atoms with E-state index in [1.54, 1.807) is 38.5 Å². The molecule has 1 amide bonds. The van der Waals surface area contributed by atoms with Crippen LogP contribution in [0, 0.1) is 13.8 Å². The van der Waals surface area contributed by atoms with E-state index in [2.05, 4.69) is 16.2 Å². The van der Waals surface area contributed by atoms with E-state index in [4.69, 9.17) is 9.47 Å². The van der Waals surface area contributed by atoms with Gasteiger partial charge in [-0.1, -0.05) is 6.07 Å². The predicted molar refractivity (Wildman–Crippen MR) is 103 cm³/mol. The molecule has 3 rings (SSSR count). The number of aryl methyl sites for hydroxylation is 2. The third-order valence-corrected chi connectivity index (χ3v) is 4.74. The van der Waals surface area contributed by atoms with Gasteiger partial charge in [-0.25, -0.2) is 10.9 Å². The zero-order chi connectivity index (χ0) is 19.6. The first-order valence-corrected chi connectivity index (χ1v) is 8.77. The van der Waals surface area contributed by atoms with Crippen LogP contribution in [0.15, 0.2) is 30.3 Å². The number of amides is 1. The van der Waals surface area contributed by atoms with Gasteiger partial charge in [-0.05, 0) is 49.6 Å². The molecule has 1 fully saturated rings. The van der Waals surface area contributed by atoms with Gasteiger partial charge in [0.05, 0.1) is 25.9 Å². The average molecular weight is 371 g/mol. The summed E-state index contributed by atoms with van der Waals surface area (Å²) in [4.78, 5) is 12.7. The molecule has 0 spiro atoms. The molecule has 144 valence electrons. The van der Waals surface area contributed by atoms with Gasteiger partial charge in [0, 0.05) is 11.6 Å². The number of phenolic OH excluding ortho intramolecular Hbond substituents is 1. The molecule has 2 unspecified atom stereocenters. The van der Waals surface area contributed by atoms with Gasteiger partial charge < -0.3 is 19.9 Å². The average Bonchev–Trinajstić information content (AvgIpc) is 3.11. The van der Waals surface area contributed by atoms with Crippen molar-refractivity contribution in [1.29, 1.82) is 0 Å². The molecule has 2 aromatic rings. The Kier molecular flexibility index (Phi) is 5.53. The number of anilines is 1. The summed E-state index contributed by atoms with van der Waals surface area (Å²) in [5.41, 5.74) is 9.50. The molecular formula is C20H25N3O4. The molecule has 27 heavy (non-hydrogen) atoms. The number of ether oxygens (including phenoxy) is 2. The van der Waals surface area contributed by atoms with Gasteiger partial charge >= 0.3 is 0 Å². The minimum Gasteiger partial charge on any atom is -0.508 e. The highest BCUT2D eigenvalue weighted by Gasteiger charge is 2.32. The zero-order valence-corrected chi connectivity index (χ0v) is 15.9. The summed E-state index contributed by atoms with van der Waals surface area (Å²) in [6.07, 6.45) is 0.516. The Labute approximate surface area is 158 Å². The SMILES string of the molecule is COc1ccc(NC(=O)C2CC(c3c(C)cc(C)cc3O)NN2)c(OC)c1. The van der Waals surface area contributed by atoms with Gasteiger partial charge in [-0.2, -0.15) is 0 Å². The Morgan fingerprint density at radius 2 is 1.93 bits per heavy atom. The van der Waals surface area contributed by atoms with Gasteiger partial charge in [-0.15, -0.1) is 0 Å². The lowest BCUT2D eigenvalue weighted by Gasteiger charge is -2.16. The molecule has 2 atom stereocenters. The standard InChI is InChI=1S/C20H25N3O4/c1-11-7-12(2)19(17(24)8-11)15-10-16(23-22-15)20(25)21-14-6-5-13(26-3)9-18(14)27-4/h5-9,15-16,22-24H,10H2,1-4H3,(H,21,25). The van der Waals surface area contributed by atoms with Crippen LogP contribution in [0.25, 0.3) is 0 Å². The fraction of sp³-hybridized carbons (Fsp3) is 0.350. The molecule has 0 aromatic heterocycles. The fourth-order valence-corrected chi connectivity index (χ4v) is 3.45. The number of rotatable bonds is 5. The molecule has 1 aliphatic rings. The van der Waals surface area contributed by atoms with Crippen LogP contribution in [0.3, 0.4) is 0 Å². The number of hydrogen-bond acceptors (Lipinski definition) is 6. The summed E-state index contributed by atoms with van der Waals surface area (Å²) in [6.45, 7) is 3.90. The van der Waals surface area contributed by atoms with Crippen LogP contribution in [0.5, 0.6) is 17.2 Å². The van der Waals surface area contributed by atoms with Crippen LogP contribution >= 0.6 is 0 Å². The van der Waals surface area contributed by atoms with Gasteiger partial charge in [0.1, 0.15) is 23.3 Å². The van der Waals surface area contributed by atoms with E-state index in [1.165, 1.54) is 0 Å². The lowest BCUT2D eigenvalue weighted by Crippen LogP contribution is -2.39. The Balaban J connectivity index is 1.72. The minimum absolute atomic E-state index is 0.154. The van der Waals surface area contributed by atoms with E-state index in [0.717, 1.165) is 16.7 Å². The molecular weight excluding hydrogens is 346 g/mol. The molecule has 0 saturated carbocycles. The van der Waals surface area contributed by atoms with E-state index >= 15 is 0 Å². The van der Waals surface area contributed by atoms with E-state index in [-0.39, 0.29) is 17.7 Å². The Hall–Kier alpha value is -2.77. The van der Waals surface area contributed by atoms with Crippen LogP contribution in [-0.4, -0.2) is 31.3 Å². The van der Waals surface area contributed by atoms with Crippen molar-refractivity contribution in [2.24, 2.45) is 0 Å². The van der Waals surface area contributed by atoms with E-state index in [9.17, 15) is 9.90 Å². The Bertz CT molecular complexity index is 830. The van der Waals surface area contributed by atoms with E-state index < -0.39 is 6.04 Å². The van der Waals surface area contributed by atoms with E-state index in [1.807, 2.05) is 19.9 Å². The quantitative estimate of drug-likeness (QED) is 0.646. The second-order valence-electron chi connectivity index (χ2n) is 6.70. The summed E-state index contributed by atoms with van der Waals surface area (Å²) in [5, 5.41) is 13.2. The molecule has 1 heterocycles. The highest BCUT2D eigenvalue weighted by Crippen LogP contribution is 2.34. The minimum atomic E-state index is -0.443. The largest absolute Gasteiger partial charge is 0.508 e. The molecule has 4 N–H and O–H groups in total. The van der Waals surface area contributed by atoms with Gasteiger partial charge in [-0.3, -0.25) is 4.79 Å². The monoisotopic (exact) mass is 371 g/mol. The molecule has 0 aliphatic carbocycles. The number of phenols is 1. The summed E-state index contributed by atoms with van der Waals surface area (Å²) >= 11 is 0. The molecule has 7 heteroatoms. The van der Waals surface area contributed by atoms with Crippen molar-refractivity contribution in [2.45, 2.75) is 32.4 Å². The lowest BCUT2D eigenvalue weighted by atomic mass is 9.95. The van der Waals surface area contributed by atoms with Crippen molar-refractivity contribution in [3.63, 3.8) is 0 Å². The van der Waals surface area contributed by atoms with Crippen molar-refractivity contribution in [1.82, 2.24) is 10.9 Å². The van der Waals surface area contributed by atoms with Crippen LogP contribution < -0.4 is 25.6 Å². The van der Waals surface area contributed by atoms with Crippen molar-refractivity contribution >= 4 is 11.6 Å².